The summed E-state index contributed by atoms with van der Waals surface area (Å²) in [5.74, 6) is -0.0631. The van der Waals surface area contributed by atoms with E-state index in [-0.39, 0.29) is 23.4 Å². The van der Waals surface area contributed by atoms with Crippen LogP contribution in [0.4, 0.5) is 5.69 Å². The van der Waals surface area contributed by atoms with Crippen LogP contribution < -0.4 is 10.0 Å². The molecule has 8 nitrogen and oxygen atoms in total. The van der Waals surface area contributed by atoms with E-state index in [9.17, 15) is 13.2 Å². The molecule has 1 fully saturated rings. The smallest absolute Gasteiger partial charge is 0.244 e. The van der Waals surface area contributed by atoms with Crippen molar-refractivity contribution in [1.82, 2.24) is 14.7 Å². The van der Waals surface area contributed by atoms with Crippen molar-refractivity contribution in [3.8, 4) is 0 Å². The Morgan fingerprint density at radius 3 is 2.85 bits per heavy atom. The first kappa shape index (κ1) is 17.0. The molecule has 1 aromatic heterocycles. The van der Waals surface area contributed by atoms with Gasteiger partial charge in [0.15, 0.2) is 0 Å². The first-order chi connectivity index (χ1) is 12.4. The summed E-state index contributed by atoms with van der Waals surface area (Å²) < 4.78 is 24.0. The Morgan fingerprint density at radius 2 is 2.08 bits per heavy atom. The van der Waals surface area contributed by atoms with Gasteiger partial charge in [0.1, 0.15) is 11.4 Å². The molecule has 0 bridgehead atoms. The molecule has 2 aliphatic heterocycles. The molecule has 0 radical (unpaired) electrons. The van der Waals surface area contributed by atoms with Crippen molar-refractivity contribution in [1.29, 1.82) is 0 Å². The van der Waals surface area contributed by atoms with Crippen LogP contribution in [0.25, 0.3) is 0 Å². The molecule has 138 valence electrons. The Hall–Kier alpha value is -2.39. The number of nitrogens with zero attached hydrogens (tertiary/aromatic N) is 4. The molecule has 0 aliphatic carbocycles. The molecule has 0 spiro atoms. The highest BCUT2D eigenvalue weighted by atomic mass is 32.2. The van der Waals surface area contributed by atoms with Crippen LogP contribution in [0.5, 0.6) is 0 Å². The van der Waals surface area contributed by atoms with E-state index in [2.05, 4.69) is 34.3 Å². The number of primary sulfonamides is 1. The molecular weight excluding hydrogens is 354 g/mol. The summed E-state index contributed by atoms with van der Waals surface area (Å²) in [6.07, 6.45) is 4.30. The lowest BCUT2D eigenvalue weighted by Crippen LogP contribution is -2.42. The zero-order chi connectivity index (χ0) is 18.3. The van der Waals surface area contributed by atoms with Crippen LogP contribution in [-0.2, 0) is 27.8 Å². The number of para-hydroxylation sites is 1. The fourth-order valence-electron chi connectivity index (χ4n) is 3.81. The summed E-state index contributed by atoms with van der Waals surface area (Å²) in [5.41, 5.74) is 2.60. The van der Waals surface area contributed by atoms with Gasteiger partial charge in [-0.05, 0) is 24.5 Å². The minimum Gasteiger partial charge on any atom is -0.366 e. The van der Waals surface area contributed by atoms with Crippen LogP contribution in [0.1, 0.15) is 12.0 Å². The minimum atomic E-state index is -3.81. The molecule has 2 aliphatic rings. The fraction of sp³-hybridized carbons (Fsp3) is 0.412. The van der Waals surface area contributed by atoms with E-state index in [1.54, 1.807) is 0 Å². The molecule has 9 heteroatoms. The molecule has 4 rings (SSSR count). The number of nitrogens with two attached hydrogens (primary N) is 1. The number of hydrogen-bond acceptors (Lipinski definition) is 5. The van der Waals surface area contributed by atoms with Crippen LogP contribution in [0, 0.1) is 0 Å². The van der Waals surface area contributed by atoms with Gasteiger partial charge >= 0.3 is 0 Å². The first-order valence-electron chi connectivity index (χ1n) is 8.59. The molecular formula is C17H21N5O3S. The average molecular weight is 375 g/mol. The molecule has 2 aromatic rings. The Labute approximate surface area is 152 Å². The number of anilines is 1. The Morgan fingerprint density at radius 1 is 1.27 bits per heavy atom. The van der Waals surface area contributed by atoms with E-state index < -0.39 is 10.0 Å². The van der Waals surface area contributed by atoms with Crippen LogP contribution >= 0.6 is 0 Å². The Kier molecular flexibility index (Phi) is 4.20. The van der Waals surface area contributed by atoms with Gasteiger partial charge in [0.05, 0.1) is 12.2 Å². The summed E-state index contributed by atoms with van der Waals surface area (Å²) in [4.78, 5) is 16.9. The zero-order valence-corrected chi connectivity index (χ0v) is 15.1. The first-order valence-corrected chi connectivity index (χ1v) is 10.1. The Balaban J connectivity index is 1.46. The van der Waals surface area contributed by atoms with Crippen LogP contribution in [0.3, 0.4) is 0 Å². The highest BCUT2D eigenvalue weighted by Gasteiger charge is 2.33. The molecule has 3 heterocycles. The monoisotopic (exact) mass is 375 g/mol. The lowest BCUT2D eigenvalue weighted by atomic mass is 10.1. The van der Waals surface area contributed by atoms with Crippen molar-refractivity contribution >= 4 is 21.6 Å². The minimum absolute atomic E-state index is 0.00912. The van der Waals surface area contributed by atoms with Gasteiger partial charge in [-0.15, -0.1) is 0 Å². The van der Waals surface area contributed by atoms with Crippen LogP contribution in [0.15, 0.2) is 41.6 Å². The van der Waals surface area contributed by atoms with Crippen molar-refractivity contribution in [2.75, 3.05) is 24.5 Å². The number of fused-ring (bicyclic) bond motifs is 3. The number of amides is 1. The number of carbonyl (C=O) groups excluding carboxylic acids is 1. The molecule has 1 aromatic carbocycles. The second kappa shape index (κ2) is 6.40. The highest BCUT2D eigenvalue weighted by molar-refractivity contribution is 7.89. The number of hydrogen-bond donors (Lipinski definition) is 1. The predicted octanol–water partition coefficient (Wildman–Crippen LogP) is 0.194. The van der Waals surface area contributed by atoms with E-state index in [1.807, 2.05) is 4.90 Å². The molecule has 1 unspecified atom stereocenters. The molecule has 1 saturated heterocycles. The van der Waals surface area contributed by atoms with Gasteiger partial charge < -0.3 is 9.80 Å². The van der Waals surface area contributed by atoms with E-state index in [0.717, 1.165) is 19.4 Å². The van der Waals surface area contributed by atoms with E-state index in [4.69, 9.17) is 5.14 Å². The summed E-state index contributed by atoms with van der Waals surface area (Å²) in [6.45, 7) is 2.30. The largest absolute Gasteiger partial charge is 0.366 e. The third-order valence-corrected chi connectivity index (χ3v) is 5.91. The number of sulfonamides is 1. The second-order valence-electron chi connectivity index (χ2n) is 6.79. The van der Waals surface area contributed by atoms with Gasteiger partial charge in [0.2, 0.25) is 15.9 Å². The third-order valence-electron chi connectivity index (χ3n) is 5.04. The van der Waals surface area contributed by atoms with E-state index in [1.165, 1.54) is 28.3 Å². The van der Waals surface area contributed by atoms with Gasteiger partial charge in [0, 0.05) is 31.5 Å². The lowest BCUT2D eigenvalue weighted by molar-refractivity contribution is -0.132. The van der Waals surface area contributed by atoms with Gasteiger partial charge in [-0.2, -0.15) is 5.10 Å². The van der Waals surface area contributed by atoms with Crippen molar-refractivity contribution in [3.05, 3.63) is 42.2 Å². The lowest BCUT2D eigenvalue weighted by Gasteiger charge is -2.27. The van der Waals surface area contributed by atoms with Gasteiger partial charge in [-0.3, -0.25) is 9.48 Å². The van der Waals surface area contributed by atoms with Crippen molar-refractivity contribution in [2.45, 2.75) is 30.3 Å². The van der Waals surface area contributed by atoms with Gasteiger partial charge in [0.25, 0.3) is 0 Å². The predicted molar refractivity (Wildman–Crippen MR) is 96.1 cm³/mol. The summed E-state index contributed by atoms with van der Waals surface area (Å²) in [6, 6.07) is 8.68. The SMILES string of the molecule is NS(=O)(=O)c1cnn(CC(=O)N2CCCN3c4ccccc4CC3C2)c1. The number of carbonyl (C=O) groups is 1. The summed E-state index contributed by atoms with van der Waals surface area (Å²) in [7, 11) is -3.81. The molecule has 2 N–H and O–H groups in total. The maximum atomic E-state index is 12.7. The van der Waals surface area contributed by atoms with Crippen molar-refractivity contribution in [3.63, 3.8) is 0 Å². The van der Waals surface area contributed by atoms with Crippen LogP contribution in [-0.4, -0.2) is 54.7 Å². The number of rotatable bonds is 3. The topological polar surface area (TPSA) is 102 Å². The zero-order valence-electron chi connectivity index (χ0n) is 14.3. The maximum absolute atomic E-state index is 12.7. The molecule has 26 heavy (non-hydrogen) atoms. The second-order valence-corrected chi connectivity index (χ2v) is 8.35. The standard InChI is InChI=1S/C17H21N5O3S/c18-26(24,25)15-9-19-21(11-15)12-17(23)20-6-3-7-22-14(10-20)8-13-4-1-2-5-16(13)22/h1-2,4-5,9,11,14H,3,6-8,10,12H2,(H2,18,24,25). The highest BCUT2D eigenvalue weighted by Crippen LogP contribution is 2.33. The summed E-state index contributed by atoms with van der Waals surface area (Å²) >= 11 is 0. The third kappa shape index (κ3) is 3.19. The van der Waals surface area contributed by atoms with E-state index >= 15 is 0 Å². The fourth-order valence-corrected chi connectivity index (χ4v) is 4.27. The molecule has 1 amide bonds. The summed E-state index contributed by atoms with van der Waals surface area (Å²) in [5, 5.41) is 9.02. The quantitative estimate of drug-likeness (QED) is 0.825. The van der Waals surface area contributed by atoms with Gasteiger partial charge in [-0.25, -0.2) is 13.6 Å². The molecule has 1 atom stereocenters. The average Bonchev–Trinajstić information content (AvgIpc) is 3.13. The number of benzene rings is 1. The van der Waals surface area contributed by atoms with E-state index in [0.29, 0.717) is 13.1 Å². The van der Waals surface area contributed by atoms with Crippen LogP contribution in [0.2, 0.25) is 0 Å². The normalized spacial score (nSPS) is 19.8. The Bertz CT molecular complexity index is 939. The van der Waals surface area contributed by atoms with Gasteiger partial charge in [-0.1, -0.05) is 18.2 Å². The van der Waals surface area contributed by atoms with Crippen molar-refractivity contribution < 1.29 is 13.2 Å². The molecule has 0 saturated carbocycles. The van der Waals surface area contributed by atoms with Crippen molar-refractivity contribution in [2.24, 2.45) is 5.14 Å². The maximum Gasteiger partial charge on any atom is 0.244 e. The number of aromatic nitrogens is 2.